The maximum atomic E-state index is 14.7. The van der Waals surface area contributed by atoms with Crippen molar-refractivity contribution in [3.63, 3.8) is 0 Å². The van der Waals surface area contributed by atoms with Crippen LogP contribution in [0.2, 0.25) is 5.15 Å². The predicted molar refractivity (Wildman–Crippen MR) is 110 cm³/mol. The molecule has 2 aromatic rings. The van der Waals surface area contributed by atoms with E-state index >= 15 is 0 Å². The van der Waals surface area contributed by atoms with Gasteiger partial charge >= 0.3 is 0 Å². The average Bonchev–Trinajstić information content (AvgIpc) is 2.64. The Morgan fingerprint density at radius 1 is 1.46 bits per heavy atom. The van der Waals surface area contributed by atoms with Crippen molar-refractivity contribution in [1.29, 1.82) is 0 Å². The van der Waals surface area contributed by atoms with E-state index in [1.165, 1.54) is 11.8 Å². The number of allylic oxidation sites excluding steroid dienone is 1. The van der Waals surface area contributed by atoms with Gasteiger partial charge in [-0.25, -0.2) is 19.3 Å². The molecule has 0 aromatic carbocycles. The molecular weight excluding hydrogens is 441 g/mol. The normalized spacial score (nSPS) is 17.7. The molecule has 1 N–H and O–H groups in total. The number of nitrogens with one attached hydrogen (secondary N) is 1. The fraction of sp³-hybridized carbons (Fsp3) is 0.471. The standard InChI is InChI=1S/C17H20BrClFN5S/c1-3-5-6-10-9-21-7-8-25(10)16-11-13(22-17(24-16)26-4-2)12(20)15(19)23-14(11)18/h3,10,21H,1,4-9H2,2H3. The second kappa shape index (κ2) is 8.82. The molecular formula is C17H20BrClFN5S. The Labute approximate surface area is 169 Å². The van der Waals surface area contributed by atoms with Crippen LogP contribution in [0.3, 0.4) is 0 Å². The predicted octanol–water partition coefficient (Wildman–Crippen LogP) is 4.44. The van der Waals surface area contributed by atoms with Crippen LogP contribution in [0.1, 0.15) is 19.8 Å². The summed E-state index contributed by atoms with van der Waals surface area (Å²) in [6, 6.07) is 0.241. The van der Waals surface area contributed by atoms with Gasteiger partial charge in [-0.3, -0.25) is 0 Å². The lowest BCUT2D eigenvalue weighted by atomic mass is 10.1. The molecule has 0 radical (unpaired) electrons. The van der Waals surface area contributed by atoms with Gasteiger partial charge in [-0.2, -0.15) is 0 Å². The molecule has 1 aliphatic heterocycles. The number of piperazine rings is 1. The molecule has 0 bridgehead atoms. The van der Waals surface area contributed by atoms with Gasteiger partial charge in [-0.15, -0.1) is 6.58 Å². The molecule has 1 aliphatic rings. The van der Waals surface area contributed by atoms with Crippen molar-refractivity contribution in [3.05, 3.63) is 28.2 Å². The van der Waals surface area contributed by atoms with Gasteiger partial charge in [0.05, 0.1) is 5.39 Å². The smallest absolute Gasteiger partial charge is 0.190 e. The summed E-state index contributed by atoms with van der Waals surface area (Å²) in [4.78, 5) is 15.4. The minimum absolute atomic E-state index is 0.190. The lowest BCUT2D eigenvalue weighted by Crippen LogP contribution is -2.51. The number of anilines is 1. The van der Waals surface area contributed by atoms with E-state index < -0.39 is 5.82 Å². The molecule has 0 spiro atoms. The van der Waals surface area contributed by atoms with Crippen LogP contribution in [0.15, 0.2) is 22.4 Å². The van der Waals surface area contributed by atoms with Gasteiger partial charge < -0.3 is 10.2 Å². The monoisotopic (exact) mass is 459 g/mol. The van der Waals surface area contributed by atoms with E-state index in [2.05, 4.69) is 42.7 Å². The van der Waals surface area contributed by atoms with Gasteiger partial charge in [0.2, 0.25) is 0 Å². The molecule has 3 heterocycles. The third kappa shape index (κ3) is 3.98. The Kier molecular flexibility index (Phi) is 6.71. The van der Waals surface area contributed by atoms with Crippen molar-refractivity contribution in [1.82, 2.24) is 20.3 Å². The number of nitrogens with zero attached hydrogens (tertiary/aromatic N) is 4. The van der Waals surface area contributed by atoms with Crippen LogP contribution in [-0.4, -0.2) is 46.4 Å². The Morgan fingerprint density at radius 3 is 3.00 bits per heavy atom. The Balaban J connectivity index is 2.18. The highest BCUT2D eigenvalue weighted by Crippen LogP contribution is 2.36. The highest BCUT2D eigenvalue weighted by molar-refractivity contribution is 9.10. The summed E-state index contributed by atoms with van der Waals surface area (Å²) >= 11 is 10.8. The van der Waals surface area contributed by atoms with Crippen LogP contribution in [0, 0.1) is 5.82 Å². The van der Waals surface area contributed by atoms with E-state index in [-0.39, 0.29) is 16.7 Å². The van der Waals surface area contributed by atoms with Gasteiger partial charge in [-0.1, -0.05) is 36.4 Å². The molecule has 1 saturated heterocycles. The van der Waals surface area contributed by atoms with E-state index in [0.717, 1.165) is 38.2 Å². The van der Waals surface area contributed by atoms with E-state index in [4.69, 9.17) is 16.6 Å². The first-order valence-corrected chi connectivity index (χ1v) is 10.7. The largest absolute Gasteiger partial charge is 0.350 e. The van der Waals surface area contributed by atoms with E-state index in [9.17, 15) is 4.39 Å². The van der Waals surface area contributed by atoms with Crippen LogP contribution >= 0.6 is 39.3 Å². The van der Waals surface area contributed by atoms with Crippen LogP contribution in [-0.2, 0) is 0 Å². The first kappa shape index (κ1) is 19.8. The SMILES string of the molecule is C=CCCC1CNCCN1c1nc(SCC)nc2c(F)c(Cl)nc(Br)c12. The average molecular weight is 461 g/mol. The number of halogens is 3. The Morgan fingerprint density at radius 2 is 2.27 bits per heavy atom. The van der Waals surface area contributed by atoms with Gasteiger partial charge in [0, 0.05) is 25.7 Å². The summed E-state index contributed by atoms with van der Waals surface area (Å²) < 4.78 is 15.1. The summed E-state index contributed by atoms with van der Waals surface area (Å²) in [5.74, 6) is 0.897. The lowest BCUT2D eigenvalue weighted by Gasteiger charge is -2.37. The topological polar surface area (TPSA) is 53.9 Å². The van der Waals surface area contributed by atoms with Crippen molar-refractivity contribution < 1.29 is 4.39 Å². The number of pyridine rings is 1. The Bertz CT molecular complexity index is 822. The van der Waals surface area contributed by atoms with Crippen molar-refractivity contribution in [2.24, 2.45) is 0 Å². The second-order valence-corrected chi connectivity index (χ2v) is 8.25. The molecule has 0 saturated carbocycles. The summed E-state index contributed by atoms with van der Waals surface area (Å²) in [7, 11) is 0. The first-order valence-electron chi connectivity index (χ1n) is 8.50. The summed E-state index contributed by atoms with van der Waals surface area (Å²) in [6.45, 7) is 8.30. The molecule has 1 unspecified atom stereocenters. The molecule has 0 amide bonds. The summed E-state index contributed by atoms with van der Waals surface area (Å²) in [6.07, 6.45) is 3.77. The molecule has 1 fully saturated rings. The number of thioether (sulfide) groups is 1. The third-order valence-corrected chi connectivity index (χ3v) is 5.81. The third-order valence-electron chi connectivity index (χ3n) is 4.26. The number of aromatic nitrogens is 3. The van der Waals surface area contributed by atoms with Crippen LogP contribution in [0.25, 0.3) is 10.9 Å². The summed E-state index contributed by atoms with van der Waals surface area (Å²) in [5.41, 5.74) is 0.207. The van der Waals surface area contributed by atoms with Crippen molar-refractivity contribution in [2.75, 3.05) is 30.3 Å². The fourth-order valence-corrected chi connectivity index (χ4v) is 4.46. The first-order chi connectivity index (χ1) is 12.6. The molecule has 9 heteroatoms. The zero-order chi connectivity index (χ0) is 18.7. The van der Waals surface area contributed by atoms with Crippen LogP contribution < -0.4 is 10.2 Å². The van der Waals surface area contributed by atoms with E-state index in [1.807, 2.05) is 13.0 Å². The number of fused-ring (bicyclic) bond motifs is 1. The number of hydrogen-bond donors (Lipinski definition) is 1. The maximum absolute atomic E-state index is 14.7. The minimum atomic E-state index is -0.607. The quantitative estimate of drug-likeness (QED) is 0.298. The number of rotatable bonds is 6. The minimum Gasteiger partial charge on any atom is -0.350 e. The summed E-state index contributed by atoms with van der Waals surface area (Å²) in [5, 5.41) is 4.34. The van der Waals surface area contributed by atoms with Gasteiger partial charge in [0.1, 0.15) is 15.9 Å². The van der Waals surface area contributed by atoms with Gasteiger partial charge in [0.15, 0.2) is 16.1 Å². The lowest BCUT2D eigenvalue weighted by molar-refractivity contribution is 0.453. The zero-order valence-corrected chi connectivity index (χ0v) is 17.6. The van der Waals surface area contributed by atoms with Crippen molar-refractivity contribution in [2.45, 2.75) is 31.0 Å². The fourth-order valence-electron chi connectivity index (χ4n) is 3.08. The molecule has 26 heavy (non-hydrogen) atoms. The molecule has 1 atom stereocenters. The molecule has 3 rings (SSSR count). The zero-order valence-electron chi connectivity index (χ0n) is 14.4. The van der Waals surface area contributed by atoms with Crippen molar-refractivity contribution >= 4 is 56.0 Å². The van der Waals surface area contributed by atoms with Gasteiger partial charge in [0.25, 0.3) is 0 Å². The van der Waals surface area contributed by atoms with E-state index in [1.54, 1.807) is 0 Å². The van der Waals surface area contributed by atoms with Crippen LogP contribution in [0.5, 0.6) is 0 Å². The van der Waals surface area contributed by atoms with E-state index in [0.29, 0.717) is 21.0 Å². The molecule has 140 valence electrons. The van der Waals surface area contributed by atoms with Crippen molar-refractivity contribution in [3.8, 4) is 0 Å². The maximum Gasteiger partial charge on any atom is 0.190 e. The molecule has 5 nitrogen and oxygen atoms in total. The number of hydrogen-bond acceptors (Lipinski definition) is 6. The Hall–Kier alpha value is -0.960. The highest BCUT2D eigenvalue weighted by Gasteiger charge is 2.28. The molecule has 2 aromatic heterocycles. The van der Waals surface area contributed by atoms with Crippen LogP contribution in [0.4, 0.5) is 10.2 Å². The molecule has 0 aliphatic carbocycles. The van der Waals surface area contributed by atoms with Gasteiger partial charge in [-0.05, 0) is 34.5 Å². The highest BCUT2D eigenvalue weighted by atomic mass is 79.9. The second-order valence-electron chi connectivity index (χ2n) is 5.91.